The first-order valence-electron chi connectivity index (χ1n) is 37.0. The summed E-state index contributed by atoms with van der Waals surface area (Å²) in [5.41, 5.74) is 0. The molecule has 3 fully saturated rings. The van der Waals surface area contributed by atoms with Crippen molar-refractivity contribution in [2.45, 2.75) is 349 Å². The molecule has 0 radical (unpaired) electrons. The van der Waals surface area contributed by atoms with E-state index < -0.39 is 124 Å². The van der Waals surface area contributed by atoms with Crippen LogP contribution in [0.2, 0.25) is 0 Å². The van der Waals surface area contributed by atoms with E-state index in [9.17, 15) is 61.0 Å². The molecular formula is C76H131NO18. The van der Waals surface area contributed by atoms with Gasteiger partial charge in [0.1, 0.15) is 73.2 Å². The van der Waals surface area contributed by atoms with E-state index in [0.29, 0.717) is 12.8 Å². The number of amides is 1. The number of aliphatic hydroxyl groups excluding tert-OH is 11. The van der Waals surface area contributed by atoms with Crippen molar-refractivity contribution in [2.75, 3.05) is 26.4 Å². The second-order valence-electron chi connectivity index (χ2n) is 26.0. The van der Waals surface area contributed by atoms with Crippen LogP contribution in [-0.4, -0.2) is 193 Å². The molecule has 0 saturated carbocycles. The molecular weight excluding hydrogens is 1210 g/mol. The number of nitrogens with one attached hydrogen (secondary N) is 1. The molecule has 19 heteroatoms. The Balaban J connectivity index is 1.44. The molecule has 0 aliphatic carbocycles. The van der Waals surface area contributed by atoms with Crippen LogP contribution in [0.5, 0.6) is 0 Å². The van der Waals surface area contributed by atoms with Crippen LogP contribution in [0.25, 0.3) is 0 Å². The predicted molar refractivity (Wildman–Crippen MR) is 374 cm³/mol. The van der Waals surface area contributed by atoms with Gasteiger partial charge in [0.05, 0.1) is 38.6 Å². The van der Waals surface area contributed by atoms with Gasteiger partial charge in [-0.2, -0.15) is 0 Å². The molecule has 0 aromatic heterocycles. The average molecular weight is 1350 g/mol. The third-order valence-corrected chi connectivity index (χ3v) is 17.8. The number of unbranched alkanes of at least 4 members (excludes halogenated alkanes) is 26. The summed E-state index contributed by atoms with van der Waals surface area (Å²) in [6.07, 6.45) is 48.2. The first-order valence-corrected chi connectivity index (χ1v) is 37.0. The molecule has 95 heavy (non-hydrogen) atoms. The topological polar surface area (TPSA) is 307 Å². The van der Waals surface area contributed by atoms with E-state index in [0.717, 1.165) is 89.9 Å². The Hall–Kier alpha value is -3.29. The standard InChI is InChI=1S/C76H131NO18/c1-3-5-7-9-11-13-15-17-19-21-23-25-26-27-28-29-30-31-32-34-35-37-39-41-43-45-47-49-51-53-60(81)59(77-64(82)54-52-50-48-46-44-42-40-38-36-33-24-22-20-18-16-14-12-10-8-6-4-2)58-90-74-70(88)67(85)72(62(56-79)92-74)95-76-71(89)68(86)73(63(57-80)93-76)94-75-69(87)66(84)65(83)61(55-78)91-75/h6,8,12,14,18,20,24,33,35,37-38,40,43,45,51,53,59-63,65-76,78-81,83-89H,3-5,7,9-11,13,15-17,19,21-23,25-32,34,36,39,41-42,44,46-50,52,54-58H2,1-2H3,(H,77,82)/b8-6-,14-12-,20-18-,33-24-,37-35+,40-38-,45-43+,53-51+. The van der Waals surface area contributed by atoms with E-state index in [-0.39, 0.29) is 18.9 Å². The number of hydrogen-bond acceptors (Lipinski definition) is 18. The van der Waals surface area contributed by atoms with Crippen LogP contribution in [-0.2, 0) is 33.2 Å². The summed E-state index contributed by atoms with van der Waals surface area (Å²) in [5.74, 6) is -0.311. The fraction of sp³-hybridized carbons (Fsp3) is 0.776. The van der Waals surface area contributed by atoms with Crippen molar-refractivity contribution in [1.29, 1.82) is 0 Å². The summed E-state index contributed by atoms with van der Waals surface area (Å²) in [4.78, 5) is 13.4. The zero-order chi connectivity index (χ0) is 68.9. The van der Waals surface area contributed by atoms with E-state index in [4.69, 9.17) is 28.4 Å². The van der Waals surface area contributed by atoms with E-state index in [1.54, 1.807) is 6.08 Å². The smallest absolute Gasteiger partial charge is 0.220 e. The Morgan fingerprint density at radius 1 is 0.389 bits per heavy atom. The highest BCUT2D eigenvalue weighted by Gasteiger charge is 2.53. The van der Waals surface area contributed by atoms with Gasteiger partial charge < -0.3 is 89.9 Å². The Labute approximate surface area is 571 Å². The second-order valence-corrected chi connectivity index (χ2v) is 26.0. The first kappa shape index (κ1) is 85.9. The van der Waals surface area contributed by atoms with E-state index in [1.807, 2.05) is 6.08 Å². The van der Waals surface area contributed by atoms with E-state index >= 15 is 0 Å². The quantitative estimate of drug-likeness (QED) is 0.0199. The van der Waals surface area contributed by atoms with Crippen LogP contribution < -0.4 is 5.32 Å². The van der Waals surface area contributed by atoms with Crippen LogP contribution in [0.15, 0.2) is 97.2 Å². The second kappa shape index (κ2) is 56.5. The largest absolute Gasteiger partial charge is 0.394 e. The minimum absolute atomic E-state index is 0.204. The summed E-state index contributed by atoms with van der Waals surface area (Å²) in [7, 11) is 0. The molecule has 3 aliphatic rings. The van der Waals surface area contributed by atoms with E-state index in [1.165, 1.54) is 122 Å². The first-order chi connectivity index (χ1) is 46.3. The van der Waals surface area contributed by atoms with Gasteiger partial charge in [-0.15, -0.1) is 0 Å². The van der Waals surface area contributed by atoms with Gasteiger partial charge in [0.15, 0.2) is 18.9 Å². The summed E-state index contributed by atoms with van der Waals surface area (Å²) in [5, 5.41) is 121. The molecule has 0 aromatic rings. The van der Waals surface area contributed by atoms with Crippen molar-refractivity contribution < 1.29 is 89.4 Å². The zero-order valence-electron chi connectivity index (χ0n) is 58.1. The molecule has 0 aromatic carbocycles. The number of ether oxygens (including phenoxy) is 6. The molecule has 3 aliphatic heterocycles. The fourth-order valence-electron chi connectivity index (χ4n) is 11.9. The van der Waals surface area contributed by atoms with Gasteiger partial charge in [-0.1, -0.05) is 246 Å². The molecule has 3 saturated heterocycles. The van der Waals surface area contributed by atoms with E-state index in [2.05, 4.69) is 104 Å². The maximum absolute atomic E-state index is 13.4. The number of rotatable bonds is 56. The molecule has 1 amide bonds. The Kier molecular flexibility index (Phi) is 51.1. The Morgan fingerprint density at radius 2 is 0.737 bits per heavy atom. The van der Waals surface area contributed by atoms with Gasteiger partial charge in [-0.3, -0.25) is 4.79 Å². The monoisotopic (exact) mass is 1350 g/mol. The number of allylic oxidation sites excluding steroid dienone is 15. The van der Waals surface area contributed by atoms with Crippen molar-refractivity contribution in [3.05, 3.63) is 97.2 Å². The summed E-state index contributed by atoms with van der Waals surface area (Å²) in [6.45, 7) is 1.58. The average Bonchev–Trinajstić information content (AvgIpc) is 0.787. The molecule has 548 valence electrons. The lowest BCUT2D eigenvalue weighted by atomic mass is 9.96. The maximum Gasteiger partial charge on any atom is 0.220 e. The molecule has 0 bridgehead atoms. The third-order valence-electron chi connectivity index (χ3n) is 17.8. The lowest BCUT2D eigenvalue weighted by Gasteiger charge is -2.48. The van der Waals surface area contributed by atoms with Crippen LogP contribution in [0, 0.1) is 0 Å². The van der Waals surface area contributed by atoms with Gasteiger partial charge in [0, 0.05) is 6.42 Å². The normalized spacial score (nSPS) is 27.8. The van der Waals surface area contributed by atoms with Gasteiger partial charge in [0.2, 0.25) is 5.91 Å². The van der Waals surface area contributed by atoms with Gasteiger partial charge in [-0.05, 0) is 89.9 Å². The Morgan fingerprint density at radius 3 is 1.18 bits per heavy atom. The molecule has 0 spiro atoms. The lowest BCUT2D eigenvalue weighted by molar-refractivity contribution is -0.379. The predicted octanol–water partition coefficient (Wildman–Crippen LogP) is 10.8. The zero-order valence-corrected chi connectivity index (χ0v) is 58.1. The highest BCUT2D eigenvalue weighted by atomic mass is 16.8. The number of carbonyl (C=O) groups is 1. The number of hydrogen-bond donors (Lipinski definition) is 12. The molecule has 17 atom stereocenters. The lowest BCUT2D eigenvalue weighted by Crippen LogP contribution is -2.66. The molecule has 12 N–H and O–H groups in total. The molecule has 3 rings (SSSR count). The minimum Gasteiger partial charge on any atom is -0.394 e. The SMILES string of the molecule is CC/C=C\C/C=C\C/C=C\C/C=C\C/C=C\CCCCCCCC(=O)NC(COC1OC(CO)C(OC2OC(CO)C(OC3OC(CO)C(O)C(O)C3O)C(O)C2O)C(O)C1O)C(O)/C=C/CC/C=C/CC/C=C/CCCCCCCCCCCCCCCCCCCCC. The van der Waals surface area contributed by atoms with Gasteiger partial charge in [0.25, 0.3) is 0 Å². The summed E-state index contributed by atoms with van der Waals surface area (Å²) < 4.78 is 34.3. The van der Waals surface area contributed by atoms with Crippen LogP contribution in [0.4, 0.5) is 0 Å². The Bertz CT molecular complexity index is 2100. The van der Waals surface area contributed by atoms with Gasteiger partial charge in [-0.25, -0.2) is 0 Å². The molecule has 19 nitrogen and oxygen atoms in total. The molecule has 17 unspecified atom stereocenters. The third kappa shape index (κ3) is 37.6. The number of aliphatic hydroxyl groups is 11. The van der Waals surface area contributed by atoms with Crippen molar-refractivity contribution in [2.24, 2.45) is 0 Å². The van der Waals surface area contributed by atoms with Gasteiger partial charge >= 0.3 is 0 Å². The highest BCUT2D eigenvalue weighted by molar-refractivity contribution is 5.76. The van der Waals surface area contributed by atoms with Crippen LogP contribution >= 0.6 is 0 Å². The number of carbonyl (C=O) groups excluding carboxylic acids is 1. The fourth-order valence-corrected chi connectivity index (χ4v) is 11.9. The maximum atomic E-state index is 13.4. The van der Waals surface area contributed by atoms with Crippen LogP contribution in [0.1, 0.15) is 245 Å². The van der Waals surface area contributed by atoms with Crippen molar-refractivity contribution in [1.82, 2.24) is 5.32 Å². The molecule has 3 heterocycles. The minimum atomic E-state index is -1.99. The van der Waals surface area contributed by atoms with Crippen molar-refractivity contribution >= 4 is 5.91 Å². The summed E-state index contributed by atoms with van der Waals surface area (Å²) in [6, 6.07) is -1.02. The highest BCUT2D eigenvalue weighted by Crippen LogP contribution is 2.33. The van der Waals surface area contributed by atoms with Crippen molar-refractivity contribution in [3.63, 3.8) is 0 Å². The van der Waals surface area contributed by atoms with Crippen molar-refractivity contribution in [3.8, 4) is 0 Å². The van der Waals surface area contributed by atoms with Crippen LogP contribution in [0.3, 0.4) is 0 Å². The summed E-state index contributed by atoms with van der Waals surface area (Å²) >= 11 is 0.